The number of nitrogens with two attached hydrogens (primary N) is 1. The molecule has 0 bridgehead atoms. The summed E-state index contributed by atoms with van der Waals surface area (Å²) in [5.74, 6) is 1.58. The molecular weight excluding hydrogens is 330 g/mol. The molecule has 0 aliphatic heterocycles. The third-order valence-corrected chi connectivity index (χ3v) is 6.09. The maximum Gasteiger partial charge on any atom is 0.142 e. The monoisotopic (exact) mass is 351 g/mol. The van der Waals surface area contributed by atoms with E-state index in [4.69, 9.17) is 11.1 Å². The Balaban J connectivity index is 1.82. The third kappa shape index (κ3) is 2.76. The minimum atomic E-state index is 0.618. The highest BCUT2D eigenvalue weighted by atomic mass is 32.1. The van der Waals surface area contributed by atoms with Gasteiger partial charge in [0.15, 0.2) is 0 Å². The molecular formula is C19H21N5S. The van der Waals surface area contributed by atoms with E-state index in [9.17, 15) is 0 Å². The summed E-state index contributed by atoms with van der Waals surface area (Å²) < 4.78 is 0. The summed E-state index contributed by atoms with van der Waals surface area (Å²) in [5, 5.41) is 12.1. The quantitative estimate of drug-likeness (QED) is 0.480. The highest BCUT2D eigenvalue weighted by Crippen LogP contribution is 2.40. The first-order chi connectivity index (χ1) is 12.1. The zero-order chi connectivity index (χ0) is 17.6. The zero-order valence-electron chi connectivity index (χ0n) is 14.4. The van der Waals surface area contributed by atoms with E-state index in [-0.39, 0.29) is 0 Å². The van der Waals surface area contributed by atoms with Crippen molar-refractivity contribution in [3.8, 4) is 0 Å². The van der Waals surface area contributed by atoms with Crippen LogP contribution in [0.25, 0.3) is 10.2 Å². The molecule has 5 nitrogen and oxygen atoms in total. The molecule has 2 heterocycles. The Hall–Kier alpha value is -2.47. The maximum absolute atomic E-state index is 7.52. The van der Waals surface area contributed by atoms with Gasteiger partial charge in [-0.05, 0) is 55.4 Å². The van der Waals surface area contributed by atoms with Crippen LogP contribution in [0.1, 0.15) is 34.9 Å². The number of aromatic nitrogens is 2. The Morgan fingerprint density at radius 2 is 2.20 bits per heavy atom. The van der Waals surface area contributed by atoms with Crippen LogP contribution in [0.15, 0.2) is 18.5 Å². The SMILES string of the molecule is Cc1cc(N)c(C=N)cc1Nc1ncnc2sc3c(c12)CCC(C)C3. The van der Waals surface area contributed by atoms with Crippen molar-refractivity contribution in [2.24, 2.45) is 5.92 Å². The van der Waals surface area contributed by atoms with E-state index in [1.807, 2.05) is 19.1 Å². The molecule has 1 atom stereocenters. The zero-order valence-corrected chi connectivity index (χ0v) is 15.2. The summed E-state index contributed by atoms with van der Waals surface area (Å²) in [7, 11) is 0. The molecule has 4 N–H and O–H groups in total. The third-order valence-electron chi connectivity index (χ3n) is 4.93. The Bertz CT molecular complexity index is 976. The van der Waals surface area contributed by atoms with Gasteiger partial charge in [0.2, 0.25) is 0 Å². The topological polar surface area (TPSA) is 87.7 Å². The fourth-order valence-corrected chi connectivity index (χ4v) is 4.85. The number of thiophene rings is 1. The molecule has 4 rings (SSSR count). The van der Waals surface area contributed by atoms with E-state index in [0.717, 1.165) is 46.0 Å². The second kappa shape index (κ2) is 6.11. The molecule has 1 aliphatic carbocycles. The van der Waals surface area contributed by atoms with E-state index >= 15 is 0 Å². The molecule has 0 saturated heterocycles. The number of benzene rings is 1. The summed E-state index contributed by atoms with van der Waals surface area (Å²) in [6.45, 7) is 4.32. The molecule has 2 aromatic heterocycles. The van der Waals surface area contributed by atoms with Gasteiger partial charge in [0.1, 0.15) is 17.0 Å². The normalized spacial score (nSPS) is 16.6. The van der Waals surface area contributed by atoms with Crippen molar-refractivity contribution >= 4 is 45.0 Å². The number of anilines is 3. The van der Waals surface area contributed by atoms with Gasteiger partial charge in [-0.1, -0.05) is 6.92 Å². The minimum Gasteiger partial charge on any atom is -0.398 e. The molecule has 3 aromatic rings. The predicted molar refractivity (Wildman–Crippen MR) is 105 cm³/mol. The van der Waals surface area contributed by atoms with Gasteiger partial charge >= 0.3 is 0 Å². The molecule has 1 unspecified atom stereocenters. The van der Waals surface area contributed by atoms with E-state index in [1.54, 1.807) is 17.7 Å². The number of aryl methyl sites for hydroxylation is 2. The first-order valence-electron chi connectivity index (χ1n) is 8.49. The fraction of sp³-hybridized carbons (Fsp3) is 0.316. The van der Waals surface area contributed by atoms with Gasteiger partial charge in [0, 0.05) is 28.0 Å². The van der Waals surface area contributed by atoms with Gasteiger partial charge in [0.05, 0.1) is 5.39 Å². The maximum atomic E-state index is 7.52. The lowest BCUT2D eigenvalue weighted by molar-refractivity contribution is 0.509. The van der Waals surface area contributed by atoms with Crippen LogP contribution in [0.5, 0.6) is 0 Å². The van der Waals surface area contributed by atoms with E-state index in [0.29, 0.717) is 11.3 Å². The average molecular weight is 351 g/mol. The van der Waals surface area contributed by atoms with Crippen LogP contribution in [0.2, 0.25) is 0 Å². The van der Waals surface area contributed by atoms with E-state index in [2.05, 4.69) is 22.2 Å². The van der Waals surface area contributed by atoms with Crippen LogP contribution in [0.3, 0.4) is 0 Å². The molecule has 1 aliphatic rings. The molecule has 0 radical (unpaired) electrons. The Morgan fingerprint density at radius 3 is 3.00 bits per heavy atom. The molecule has 128 valence electrons. The van der Waals surface area contributed by atoms with Crippen LogP contribution < -0.4 is 11.1 Å². The molecule has 25 heavy (non-hydrogen) atoms. The van der Waals surface area contributed by atoms with Gasteiger partial charge in [-0.25, -0.2) is 9.97 Å². The van der Waals surface area contributed by atoms with Crippen LogP contribution >= 0.6 is 11.3 Å². The summed E-state index contributed by atoms with van der Waals surface area (Å²) >= 11 is 1.80. The van der Waals surface area contributed by atoms with Gasteiger partial charge < -0.3 is 16.5 Å². The summed E-state index contributed by atoms with van der Waals surface area (Å²) in [6.07, 6.45) is 6.34. The van der Waals surface area contributed by atoms with Crippen molar-refractivity contribution in [1.82, 2.24) is 9.97 Å². The Morgan fingerprint density at radius 1 is 1.36 bits per heavy atom. The van der Waals surface area contributed by atoms with Crippen LogP contribution in [-0.4, -0.2) is 16.2 Å². The van der Waals surface area contributed by atoms with Crippen molar-refractivity contribution < 1.29 is 0 Å². The number of nitrogen functional groups attached to an aromatic ring is 1. The number of nitrogens with one attached hydrogen (secondary N) is 2. The van der Waals surface area contributed by atoms with Crippen molar-refractivity contribution in [2.45, 2.75) is 33.1 Å². The summed E-state index contributed by atoms with van der Waals surface area (Å²) in [5.41, 5.74) is 10.7. The van der Waals surface area contributed by atoms with Gasteiger partial charge in [-0.15, -0.1) is 11.3 Å². The van der Waals surface area contributed by atoms with Gasteiger partial charge in [0.25, 0.3) is 0 Å². The number of hydrogen-bond acceptors (Lipinski definition) is 6. The van der Waals surface area contributed by atoms with Gasteiger partial charge in [-0.2, -0.15) is 0 Å². The standard InChI is InChI=1S/C19H21N5S/c1-10-3-4-13-16(5-10)25-19-17(13)18(22-9-23-19)24-15-7-12(8-20)14(21)6-11(15)2/h6-10,20H,3-5,21H2,1-2H3,(H,22,23,24). The molecule has 6 heteroatoms. The fourth-order valence-electron chi connectivity index (χ4n) is 3.50. The molecule has 0 spiro atoms. The minimum absolute atomic E-state index is 0.618. The molecule has 0 fully saturated rings. The predicted octanol–water partition coefficient (Wildman–Crippen LogP) is 4.45. The van der Waals surface area contributed by atoms with E-state index in [1.165, 1.54) is 23.1 Å². The Labute approximate surface area is 150 Å². The lowest BCUT2D eigenvalue weighted by Crippen LogP contribution is -2.09. The molecule has 1 aromatic carbocycles. The van der Waals surface area contributed by atoms with Crippen LogP contribution in [-0.2, 0) is 12.8 Å². The lowest BCUT2D eigenvalue weighted by atomic mass is 9.89. The summed E-state index contributed by atoms with van der Waals surface area (Å²) in [4.78, 5) is 11.5. The second-order valence-electron chi connectivity index (χ2n) is 6.82. The highest BCUT2D eigenvalue weighted by Gasteiger charge is 2.23. The van der Waals surface area contributed by atoms with E-state index < -0.39 is 0 Å². The molecule has 0 amide bonds. The largest absolute Gasteiger partial charge is 0.398 e. The van der Waals surface area contributed by atoms with Crippen molar-refractivity contribution in [2.75, 3.05) is 11.1 Å². The first kappa shape index (κ1) is 16.0. The van der Waals surface area contributed by atoms with Crippen molar-refractivity contribution in [3.05, 3.63) is 40.0 Å². The smallest absolute Gasteiger partial charge is 0.142 e. The number of nitrogens with zero attached hydrogens (tertiary/aromatic N) is 2. The first-order valence-corrected chi connectivity index (χ1v) is 9.31. The lowest BCUT2D eigenvalue weighted by Gasteiger charge is -2.18. The highest BCUT2D eigenvalue weighted by molar-refractivity contribution is 7.19. The summed E-state index contributed by atoms with van der Waals surface area (Å²) in [6, 6.07) is 3.80. The number of rotatable bonds is 3. The number of fused-ring (bicyclic) bond motifs is 3. The second-order valence-corrected chi connectivity index (χ2v) is 7.90. The van der Waals surface area contributed by atoms with Crippen molar-refractivity contribution in [1.29, 1.82) is 5.41 Å². The van der Waals surface area contributed by atoms with Crippen LogP contribution in [0, 0.1) is 18.3 Å². The van der Waals surface area contributed by atoms with Crippen molar-refractivity contribution in [3.63, 3.8) is 0 Å². The average Bonchev–Trinajstić information content (AvgIpc) is 2.95. The molecule has 0 saturated carbocycles. The van der Waals surface area contributed by atoms with Gasteiger partial charge in [-0.3, -0.25) is 0 Å². The Kier molecular flexibility index (Phi) is 3.92. The van der Waals surface area contributed by atoms with Crippen LogP contribution in [0.4, 0.5) is 17.2 Å². The number of hydrogen-bond donors (Lipinski definition) is 3.